The molecule has 3 nitrogen and oxygen atoms in total. The molecule has 1 fully saturated rings. The summed E-state index contributed by atoms with van der Waals surface area (Å²) < 4.78 is 5.60. The van der Waals surface area contributed by atoms with Crippen LogP contribution in [-0.2, 0) is 9.22 Å². The van der Waals surface area contributed by atoms with Gasteiger partial charge in [-0.15, -0.1) is 0 Å². The molecule has 1 heterocycles. The van der Waals surface area contributed by atoms with E-state index < -0.39 is 14.3 Å². The van der Waals surface area contributed by atoms with E-state index in [2.05, 4.69) is 13.1 Å². The number of aliphatic carboxylic acids is 1. The van der Waals surface area contributed by atoms with Crippen molar-refractivity contribution in [2.24, 2.45) is 0 Å². The normalized spacial score (nSPS) is 20.6. The van der Waals surface area contributed by atoms with Gasteiger partial charge in [0.05, 0.1) is 0 Å². The maximum Gasteiger partial charge on any atom is 0.186 e. The van der Waals surface area contributed by atoms with Crippen LogP contribution in [0.1, 0.15) is 19.8 Å². The smallest absolute Gasteiger partial charge is 0.186 e. The Morgan fingerprint density at radius 2 is 1.92 bits per heavy atom. The Balaban J connectivity index is 0.000000261. The van der Waals surface area contributed by atoms with Crippen LogP contribution < -0.4 is 5.11 Å². The molecule has 0 saturated carbocycles. The second-order valence-corrected chi connectivity index (χ2v) is 7.86. The number of carbonyl (C=O) groups excluding carboxylic acids is 1. The van der Waals surface area contributed by atoms with Crippen LogP contribution in [0, 0.1) is 0 Å². The Hall–Kier alpha value is -0.353. The van der Waals surface area contributed by atoms with Crippen molar-refractivity contribution in [3.63, 3.8) is 0 Å². The number of carboxylic acid groups (broad SMARTS) is 1. The lowest BCUT2D eigenvalue weighted by molar-refractivity contribution is -0.302. The Labute approximate surface area is 74.9 Å². The maximum atomic E-state index is 8.89. The summed E-state index contributed by atoms with van der Waals surface area (Å²) in [5.74, 6) is -1.08. The van der Waals surface area contributed by atoms with Crippen LogP contribution in [0.15, 0.2) is 0 Å². The molecule has 0 radical (unpaired) electrons. The monoisotopic (exact) mass is 189 g/mol. The number of hydrogen-bond acceptors (Lipinski definition) is 3. The predicted molar refractivity (Wildman–Crippen MR) is 48.2 cm³/mol. The highest BCUT2D eigenvalue weighted by Crippen LogP contribution is 2.20. The minimum absolute atomic E-state index is 0.972. The third-order valence-electron chi connectivity index (χ3n) is 1.67. The van der Waals surface area contributed by atoms with E-state index in [0.717, 1.165) is 13.5 Å². The zero-order chi connectivity index (χ0) is 9.61. The average Bonchev–Trinajstić information content (AvgIpc) is 1.85. The predicted octanol–water partition coefficient (Wildman–Crippen LogP) is 0.758. The molecule has 0 aromatic heterocycles. The van der Waals surface area contributed by atoms with Gasteiger partial charge in [-0.2, -0.15) is 0 Å². The summed E-state index contributed by atoms with van der Waals surface area (Å²) in [6, 6.07) is 1.37. The average molecular weight is 189 g/mol. The van der Waals surface area contributed by atoms with Crippen LogP contribution in [0.2, 0.25) is 19.1 Å². The SMILES string of the molecule is CC(=O)[O-].C[Si]1(C)CCCCO1. The van der Waals surface area contributed by atoms with Gasteiger partial charge in [0.2, 0.25) is 0 Å². The molecule has 1 aliphatic rings. The molecule has 0 bridgehead atoms. The fourth-order valence-electron chi connectivity index (χ4n) is 1.07. The molecular weight excluding hydrogens is 172 g/mol. The molecule has 1 saturated heterocycles. The van der Waals surface area contributed by atoms with Gasteiger partial charge in [0.1, 0.15) is 0 Å². The van der Waals surface area contributed by atoms with Crippen molar-refractivity contribution in [2.75, 3.05) is 6.61 Å². The summed E-state index contributed by atoms with van der Waals surface area (Å²) in [5.41, 5.74) is 0. The Morgan fingerprint density at radius 1 is 1.42 bits per heavy atom. The quantitative estimate of drug-likeness (QED) is 0.529. The molecule has 0 aliphatic carbocycles. The largest absolute Gasteiger partial charge is 0.550 e. The molecule has 0 N–H and O–H groups in total. The fraction of sp³-hybridized carbons (Fsp3) is 0.875. The minimum Gasteiger partial charge on any atom is -0.550 e. The Bertz CT molecular complexity index is 133. The lowest BCUT2D eigenvalue weighted by Crippen LogP contribution is -2.33. The van der Waals surface area contributed by atoms with E-state index in [-0.39, 0.29) is 0 Å². The molecule has 72 valence electrons. The van der Waals surface area contributed by atoms with Crippen molar-refractivity contribution >= 4 is 14.3 Å². The molecule has 0 spiro atoms. The highest BCUT2D eigenvalue weighted by Gasteiger charge is 2.24. The van der Waals surface area contributed by atoms with Gasteiger partial charge in [-0.3, -0.25) is 0 Å². The Kier molecular flexibility index (Phi) is 5.16. The molecule has 1 rings (SSSR count). The summed E-state index contributed by atoms with van der Waals surface area (Å²) in [7, 11) is -1.09. The van der Waals surface area contributed by atoms with Gasteiger partial charge < -0.3 is 14.3 Å². The molecule has 0 aromatic rings. The topological polar surface area (TPSA) is 49.4 Å². The minimum atomic E-state index is -1.09. The summed E-state index contributed by atoms with van der Waals surface area (Å²) in [5, 5.41) is 8.89. The number of rotatable bonds is 0. The van der Waals surface area contributed by atoms with Gasteiger partial charge in [0, 0.05) is 12.6 Å². The van der Waals surface area contributed by atoms with Crippen molar-refractivity contribution in [2.45, 2.75) is 38.9 Å². The molecule has 4 heteroatoms. The van der Waals surface area contributed by atoms with Crippen molar-refractivity contribution in [1.29, 1.82) is 0 Å². The fourth-order valence-corrected chi connectivity index (χ4v) is 3.02. The van der Waals surface area contributed by atoms with Crippen LogP contribution in [0.25, 0.3) is 0 Å². The first-order valence-corrected chi connectivity index (χ1v) is 7.37. The first kappa shape index (κ1) is 11.6. The summed E-state index contributed by atoms with van der Waals surface area (Å²) >= 11 is 0. The highest BCUT2D eigenvalue weighted by molar-refractivity contribution is 6.71. The molecule has 0 aromatic carbocycles. The zero-order valence-corrected chi connectivity index (χ0v) is 9.05. The number of carbonyl (C=O) groups is 1. The Morgan fingerprint density at radius 3 is 2.08 bits per heavy atom. The lowest BCUT2D eigenvalue weighted by atomic mass is 10.4. The standard InChI is InChI=1S/C6H14OSi.C2H4O2/c1-8(2)6-4-3-5-7-8;1-2(3)4/h3-6H2,1-2H3;1H3,(H,3,4)/p-1. The molecule has 0 unspecified atom stereocenters. The van der Waals surface area contributed by atoms with E-state index in [9.17, 15) is 0 Å². The third kappa shape index (κ3) is 7.75. The number of hydrogen-bond donors (Lipinski definition) is 0. The summed E-state index contributed by atoms with van der Waals surface area (Å²) in [4.78, 5) is 8.89. The van der Waals surface area contributed by atoms with E-state index in [0.29, 0.717) is 0 Å². The first-order valence-electron chi connectivity index (χ1n) is 4.25. The van der Waals surface area contributed by atoms with E-state index in [4.69, 9.17) is 14.3 Å². The molecule has 0 atom stereocenters. The highest BCUT2D eigenvalue weighted by atomic mass is 28.4. The van der Waals surface area contributed by atoms with Gasteiger partial charge in [-0.1, -0.05) is 6.42 Å². The van der Waals surface area contributed by atoms with Crippen LogP contribution in [-0.4, -0.2) is 20.9 Å². The van der Waals surface area contributed by atoms with Gasteiger partial charge in [0.15, 0.2) is 8.32 Å². The van der Waals surface area contributed by atoms with Crippen LogP contribution in [0.3, 0.4) is 0 Å². The lowest BCUT2D eigenvalue weighted by Gasteiger charge is -2.27. The first-order chi connectivity index (χ1) is 5.44. The van der Waals surface area contributed by atoms with Crippen LogP contribution in [0.5, 0.6) is 0 Å². The second kappa shape index (κ2) is 5.32. The van der Waals surface area contributed by atoms with E-state index in [1.807, 2.05) is 0 Å². The van der Waals surface area contributed by atoms with Crippen molar-refractivity contribution in [3.8, 4) is 0 Å². The van der Waals surface area contributed by atoms with Crippen LogP contribution >= 0.6 is 0 Å². The summed E-state index contributed by atoms with van der Waals surface area (Å²) in [6.07, 6.45) is 2.69. The molecule has 12 heavy (non-hydrogen) atoms. The van der Waals surface area contributed by atoms with Gasteiger partial charge in [0.25, 0.3) is 0 Å². The van der Waals surface area contributed by atoms with E-state index in [1.54, 1.807) is 0 Å². The third-order valence-corrected chi connectivity index (χ3v) is 4.21. The zero-order valence-electron chi connectivity index (χ0n) is 8.05. The van der Waals surface area contributed by atoms with E-state index in [1.165, 1.54) is 18.9 Å². The van der Waals surface area contributed by atoms with E-state index >= 15 is 0 Å². The molecule has 0 amide bonds. The molecule has 1 aliphatic heterocycles. The van der Waals surface area contributed by atoms with Gasteiger partial charge in [-0.05, 0) is 32.5 Å². The van der Waals surface area contributed by atoms with Gasteiger partial charge in [-0.25, -0.2) is 0 Å². The van der Waals surface area contributed by atoms with Crippen molar-refractivity contribution < 1.29 is 14.3 Å². The summed E-state index contributed by atoms with van der Waals surface area (Å²) in [6.45, 7) is 6.59. The van der Waals surface area contributed by atoms with Crippen molar-refractivity contribution in [3.05, 3.63) is 0 Å². The molecular formula is C8H17O3Si-. The maximum absolute atomic E-state index is 8.89. The second-order valence-electron chi connectivity index (χ2n) is 3.56. The van der Waals surface area contributed by atoms with Gasteiger partial charge >= 0.3 is 0 Å². The van der Waals surface area contributed by atoms with Crippen molar-refractivity contribution in [1.82, 2.24) is 0 Å². The number of carboxylic acids is 1. The van der Waals surface area contributed by atoms with Crippen LogP contribution in [0.4, 0.5) is 0 Å².